The Bertz CT molecular complexity index is 2940. The first-order chi connectivity index (χ1) is 24.6. The minimum absolute atomic E-state index is 1.17. The van der Waals surface area contributed by atoms with Crippen LogP contribution in [0.15, 0.2) is 170 Å². The fraction of sp³-hybridized carbons (Fsp3) is 0.0417. The van der Waals surface area contributed by atoms with Gasteiger partial charge in [-0.05, 0) is 119 Å². The minimum Gasteiger partial charge on any atom is -0.309 e. The molecule has 0 radical (unpaired) electrons. The van der Waals surface area contributed by atoms with Crippen LogP contribution in [-0.4, -0.2) is 9.13 Å². The summed E-state index contributed by atoms with van der Waals surface area (Å²) in [6, 6.07) is 53.5. The molecule has 2 heterocycles. The van der Waals surface area contributed by atoms with Crippen LogP contribution in [0.25, 0.3) is 88.0 Å². The highest BCUT2D eigenvalue weighted by molar-refractivity contribution is 6.16. The predicted octanol–water partition coefficient (Wildman–Crippen LogP) is 13.1. The van der Waals surface area contributed by atoms with E-state index in [-0.39, 0.29) is 0 Å². The summed E-state index contributed by atoms with van der Waals surface area (Å²) < 4.78 is 4.86. The third-order valence-electron chi connectivity index (χ3n) is 10.8. The molecular weight excluding hydrogens is 605 g/mol. The lowest BCUT2D eigenvalue weighted by Crippen LogP contribution is -2.00. The number of benzene rings is 7. The Morgan fingerprint density at radius 1 is 0.520 bits per heavy atom. The molecule has 2 nitrogen and oxygen atoms in total. The minimum atomic E-state index is 1.17. The smallest absolute Gasteiger partial charge is 0.0547 e. The second kappa shape index (κ2) is 10.8. The van der Waals surface area contributed by atoms with Crippen LogP contribution in [-0.2, 0) is 0 Å². The number of hydrogen-bond acceptors (Lipinski definition) is 0. The van der Waals surface area contributed by atoms with Crippen LogP contribution in [0, 0.1) is 0 Å². The first-order valence-corrected chi connectivity index (χ1v) is 17.3. The van der Waals surface area contributed by atoms with Crippen LogP contribution in [0.3, 0.4) is 0 Å². The van der Waals surface area contributed by atoms with E-state index in [0.717, 1.165) is 0 Å². The Morgan fingerprint density at radius 3 is 1.88 bits per heavy atom. The van der Waals surface area contributed by atoms with E-state index in [4.69, 9.17) is 0 Å². The summed E-state index contributed by atoms with van der Waals surface area (Å²) in [6.45, 7) is 8.52. The second-order valence-electron chi connectivity index (χ2n) is 13.3. The summed E-state index contributed by atoms with van der Waals surface area (Å²) in [7, 11) is 0. The van der Waals surface area contributed by atoms with Crippen molar-refractivity contribution in [3.63, 3.8) is 0 Å². The molecule has 0 bridgehead atoms. The molecule has 7 aromatic carbocycles. The molecule has 2 aromatic heterocycles. The number of fused-ring (bicyclic) bond motifs is 8. The van der Waals surface area contributed by atoms with Crippen molar-refractivity contribution in [3.05, 3.63) is 181 Å². The van der Waals surface area contributed by atoms with E-state index >= 15 is 0 Å². The molecule has 2 heteroatoms. The average Bonchev–Trinajstić information content (AvgIpc) is 3.77. The summed E-state index contributed by atoms with van der Waals surface area (Å²) in [5, 5.41) is 7.54. The van der Waals surface area contributed by atoms with Gasteiger partial charge in [0.25, 0.3) is 0 Å². The maximum atomic E-state index is 4.16. The van der Waals surface area contributed by atoms with Gasteiger partial charge in [-0.3, -0.25) is 0 Å². The van der Waals surface area contributed by atoms with Crippen molar-refractivity contribution in [3.8, 4) is 22.5 Å². The van der Waals surface area contributed by atoms with Crippen molar-refractivity contribution in [2.75, 3.05) is 0 Å². The third-order valence-corrected chi connectivity index (χ3v) is 10.8. The van der Waals surface area contributed by atoms with E-state index in [9.17, 15) is 0 Å². The molecule has 0 saturated carbocycles. The molecule has 50 heavy (non-hydrogen) atoms. The van der Waals surface area contributed by atoms with Crippen LogP contribution in [0.2, 0.25) is 0 Å². The molecule has 0 amide bonds. The molecule has 1 aliphatic rings. The van der Waals surface area contributed by atoms with Crippen LogP contribution in [0.5, 0.6) is 0 Å². The van der Waals surface area contributed by atoms with Gasteiger partial charge in [0.05, 0.1) is 27.8 Å². The summed E-state index contributed by atoms with van der Waals surface area (Å²) in [5.41, 5.74) is 16.0. The van der Waals surface area contributed by atoms with E-state index in [1.54, 1.807) is 0 Å². The van der Waals surface area contributed by atoms with Gasteiger partial charge in [0.2, 0.25) is 0 Å². The Morgan fingerprint density at radius 2 is 1.14 bits per heavy atom. The van der Waals surface area contributed by atoms with Crippen LogP contribution in [0.1, 0.15) is 25.0 Å². The molecule has 0 fully saturated rings. The van der Waals surface area contributed by atoms with Gasteiger partial charge in [0.1, 0.15) is 0 Å². The summed E-state index contributed by atoms with van der Waals surface area (Å²) in [6.07, 6.45) is 4.25. The summed E-state index contributed by atoms with van der Waals surface area (Å²) in [5.74, 6) is 0. The topological polar surface area (TPSA) is 9.86 Å². The lowest BCUT2D eigenvalue weighted by atomic mass is 9.99. The molecule has 0 saturated heterocycles. The lowest BCUT2D eigenvalue weighted by molar-refractivity contribution is 1.17. The van der Waals surface area contributed by atoms with Gasteiger partial charge in [-0.15, -0.1) is 0 Å². The third kappa shape index (κ3) is 3.96. The number of aromatic nitrogens is 2. The largest absolute Gasteiger partial charge is 0.309 e. The quantitative estimate of drug-likeness (QED) is 0.182. The molecular formula is C48H34N2. The SMILES string of the molecule is C=CC1=C(C)/C(=C/C)c2c1cccc2-n1c2ccccc2c2cc(-c3ccc4c(c3)c3cc5ccccc5cc3n4-c3ccccc3)ccc21. The molecule has 0 spiro atoms. The highest BCUT2D eigenvalue weighted by Crippen LogP contribution is 2.46. The van der Waals surface area contributed by atoms with Crippen molar-refractivity contribution in [1.82, 2.24) is 9.13 Å². The van der Waals surface area contributed by atoms with Gasteiger partial charge < -0.3 is 9.13 Å². The average molecular weight is 639 g/mol. The highest BCUT2D eigenvalue weighted by Gasteiger charge is 2.26. The Balaban J connectivity index is 1.20. The molecule has 0 unspecified atom stereocenters. The van der Waals surface area contributed by atoms with Crippen LogP contribution in [0.4, 0.5) is 0 Å². The first kappa shape index (κ1) is 28.6. The van der Waals surface area contributed by atoms with E-state index in [2.05, 4.69) is 181 Å². The molecule has 0 aliphatic heterocycles. The second-order valence-corrected chi connectivity index (χ2v) is 13.3. The van der Waals surface area contributed by atoms with Crippen molar-refractivity contribution in [2.24, 2.45) is 0 Å². The van der Waals surface area contributed by atoms with Gasteiger partial charge in [-0.2, -0.15) is 0 Å². The number of rotatable bonds is 4. The maximum absolute atomic E-state index is 4.16. The van der Waals surface area contributed by atoms with Gasteiger partial charge >= 0.3 is 0 Å². The Labute approximate surface area is 291 Å². The zero-order valence-electron chi connectivity index (χ0n) is 28.1. The summed E-state index contributed by atoms with van der Waals surface area (Å²) in [4.78, 5) is 0. The van der Waals surface area contributed by atoms with Gasteiger partial charge in [0.15, 0.2) is 0 Å². The molecule has 9 aromatic rings. The molecule has 0 N–H and O–H groups in total. The number of allylic oxidation sites excluding steroid dienone is 5. The van der Waals surface area contributed by atoms with E-state index in [0.29, 0.717) is 0 Å². The lowest BCUT2D eigenvalue weighted by Gasteiger charge is -2.15. The maximum Gasteiger partial charge on any atom is 0.0547 e. The highest BCUT2D eigenvalue weighted by atomic mass is 15.0. The Hall–Kier alpha value is -6.38. The van der Waals surface area contributed by atoms with Crippen molar-refractivity contribution < 1.29 is 0 Å². The van der Waals surface area contributed by atoms with Crippen molar-refractivity contribution >= 4 is 65.5 Å². The van der Waals surface area contributed by atoms with E-state index in [1.165, 1.54) is 105 Å². The Kier molecular flexibility index (Phi) is 6.19. The van der Waals surface area contributed by atoms with Crippen molar-refractivity contribution in [2.45, 2.75) is 13.8 Å². The first-order valence-electron chi connectivity index (χ1n) is 17.3. The standard InChI is InChI=1S/C48H34N2/c1-4-36-30(3)37(5-2)48-39(36)19-13-21-46(48)50-43-20-12-11-18-38(43)40-27-33(23-25-45(40)50)34-22-24-44-41(28-34)42-26-31-14-9-10-15-32(31)29-47(42)49(44)35-16-7-6-8-17-35/h4-29H,1H2,2-3H3/b37-5-. The zero-order chi connectivity index (χ0) is 33.5. The molecule has 1 aliphatic carbocycles. The summed E-state index contributed by atoms with van der Waals surface area (Å²) >= 11 is 0. The van der Waals surface area contributed by atoms with E-state index in [1.807, 2.05) is 6.08 Å². The fourth-order valence-electron chi connectivity index (χ4n) is 8.54. The van der Waals surface area contributed by atoms with Gasteiger partial charge in [-0.25, -0.2) is 0 Å². The monoisotopic (exact) mass is 638 g/mol. The normalized spacial score (nSPS) is 13.8. The van der Waals surface area contributed by atoms with E-state index < -0.39 is 0 Å². The number of nitrogens with zero attached hydrogens (tertiary/aromatic N) is 2. The van der Waals surface area contributed by atoms with Gasteiger partial charge in [0, 0.05) is 32.8 Å². The predicted molar refractivity (Wildman–Crippen MR) is 215 cm³/mol. The number of hydrogen-bond donors (Lipinski definition) is 0. The molecule has 10 rings (SSSR count). The molecule has 0 atom stereocenters. The van der Waals surface area contributed by atoms with Gasteiger partial charge in [-0.1, -0.05) is 104 Å². The van der Waals surface area contributed by atoms with Crippen LogP contribution < -0.4 is 0 Å². The number of para-hydroxylation sites is 2. The molecule has 236 valence electrons. The van der Waals surface area contributed by atoms with Crippen molar-refractivity contribution in [1.29, 1.82) is 0 Å². The zero-order valence-corrected chi connectivity index (χ0v) is 28.1. The van der Waals surface area contributed by atoms with Crippen LogP contribution >= 0.6 is 0 Å². The fourth-order valence-corrected chi connectivity index (χ4v) is 8.54.